The van der Waals surface area contributed by atoms with Gasteiger partial charge in [0.25, 0.3) is 0 Å². The van der Waals surface area contributed by atoms with Crippen LogP contribution in [0.3, 0.4) is 0 Å². The Morgan fingerprint density at radius 2 is 2.30 bits per heavy atom. The van der Waals surface area contributed by atoms with Gasteiger partial charge in [-0.1, -0.05) is 0 Å². The molecule has 2 heteroatoms. The Labute approximate surface area is 62.2 Å². The molecule has 2 saturated heterocycles. The van der Waals surface area contributed by atoms with Gasteiger partial charge in [-0.15, -0.1) is 0 Å². The molecule has 2 fully saturated rings. The summed E-state index contributed by atoms with van der Waals surface area (Å²) in [5.74, 6) is 0.847. The second-order valence-electron chi connectivity index (χ2n) is 3.38. The highest BCUT2D eigenvalue weighted by atomic mass is 16.5. The van der Waals surface area contributed by atoms with Crippen molar-refractivity contribution < 1.29 is 4.74 Å². The summed E-state index contributed by atoms with van der Waals surface area (Å²) in [7, 11) is 0. The predicted octanol–water partition coefficient (Wildman–Crippen LogP) is 0.729. The van der Waals surface area contributed by atoms with Gasteiger partial charge in [-0.05, 0) is 25.3 Å². The number of ether oxygens (including phenoxy) is 1. The Morgan fingerprint density at radius 3 is 3.30 bits per heavy atom. The molecular formula is C8H15NO. The van der Waals surface area contributed by atoms with Crippen molar-refractivity contribution in [2.75, 3.05) is 32.8 Å². The molecule has 0 amide bonds. The zero-order chi connectivity index (χ0) is 6.81. The van der Waals surface area contributed by atoms with Crippen molar-refractivity contribution in [2.24, 2.45) is 5.92 Å². The Kier molecular flexibility index (Phi) is 1.91. The van der Waals surface area contributed by atoms with Crippen LogP contribution in [0.2, 0.25) is 0 Å². The molecular weight excluding hydrogens is 126 g/mol. The molecule has 10 heavy (non-hydrogen) atoms. The fourth-order valence-corrected chi connectivity index (χ4v) is 1.89. The maximum absolute atomic E-state index is 5.48. The molecule has 2 aliphatic rings. The normalized spacial score (nSPS) is 40.8. The van der Waals surface area contributed by atoms with Crippen LogP contribution in [0, 0.1) is 5.92 Å². The topological polar surface area (TPSA) is 12.5 Å². The van der Waals surface area contributed by atoms with E-state index >= 15 is 0 Å². The Hall–Kier alpha value is -0.0800. The number of rotatable bonds is 0. The minimum atomic E-state index is 0.847. The summed E-state index contributed by atoms with van der Waals surface area (Å²) in [4.78, 5) is 2.56. The smallest absolute Gasteiger partial charge is 0.0506 e. The largest absolute Gasteiger partial charge is 0.381 e. The van der Waals surface area contributed by atoms with E-state index in [4.69, 9.17) is 4.74 Å². The van der Waals surface area contributed by atoms with E-state index < -0.39 is 0 Å². The third-order valence-electron chi connectivity index (χ3n) is 2.49. The summed E-state index contributed by atoms with van der Waals surface area (Å²) < 4.78 is 5.48. The third-order valence-corrected chi connectivity index (χ3v) is 2.49. The molecule has 2 bridgehead atoms. The molecule has 0 aromatic rings. The van der Waals surface area contributed by atoms with Crippen LogP contribution < -0.4 is 0 Å². The molecule has 2 nitrogen and oxygen atoms in total. The molecule has 0 aromatic carbocycles. The van der Waals surface area contributed by atoms with Crippen molar-refractivity contribution in [2.45, 2.75) is 12.8 Å². The molecule has 0 N–H and O–H groups in total. The molecule has 58 valence electrons. The van der Waals surface area contributed by atoms with Crippen molar-refractivity contribution in [3.63, 3.8) is 0 Å². The van der Waals surface area contributed by atoms with Gasteiger partial charge >= 0.3 is 0 Å². The van der Waals surface area contributed by atoms with Crippen molar-refractivity contribution in [3.8, 4) is 0 Å². The SMILES string of the molecule is C1COCC2CCN(C1)C2. The first-order valence-electron chi connectivity index (χ1n) is 4.25. The lowest BCUT2D eigenvalue weighted by Crippen LogP contribution is -2.26. The number of nitrogens with zero attached hydrogens (tertiary/aromatic N) is 1. The van der Waals surface area contributed by atoms with Gasteiger partial charge in [0.05, 0.1) is 6.61 Å². The monoisotopic (exact) mass is 141 g/mol. The molecule has 0 aromatic heterocycles. The van der Waals surface area contributed by atoms with Gasteiger partial charge in [0.2, 0.25) is 0 Å². The first kappa shape index (κ1) is 6.62. The second-order valence-corrected chi connectivity index (χ2v) is 3.38. The minimum absolute atomic E-state index is 0.847. The summed E-state index contributed by atoms with van der Waals surface area (Å²) >= 11 is 0. The molecule has 2 unspecified atom stereocenters. The lowest BCUT2D eigenvalue weighted by Gasteiger charge is -2.19. The fraction of sp³-hybridized carbons (Fsp3) is 1.00. The van der Waals surface area contributed by atoms with E-state index in [-0.39, 0.29) is 0 Å². The maximum atomic E-state index is 5.48. The van der Waals surface area contributed by atoms with Crippen molar-refractivity contribution in [1.82, 2.24) is 4.90 Å². The summed E-state index contributed by atoms with van der Waals surface area (Å²) in [6.07, 6.45) is 2.59. The molecule has 0 spiro atoms. The summed E-state index contributed by atoms with van der Waals surface area (Å²) in [5.41, 5.74) is 0. The van der Waals surface area contributed by atoms with E-state index in [1.54, 1.807) is 0 Å². The summed E-state index contributed by atoms with van der Waals surface area (Å²) in [6, 6.07) is 0. The first-order chi connectivity index (χ1) is 4.95. The van der Waals surface area contributed by atoms with Crippen LogP contribution in [0.1, 0.15) is 12.8 Å². The predicted molar refractivity (Wildman–Crippen MR) is 40.0 cm³/mol. The van der Waals surface area contributed by atoms with Gasteiger partial charge in [0.1, 0.15) is 0 Å². The first-order valence-corrected chi connectivity index (χ1v) is 4.25. The number of hydrogen-bond donors (Lipinski definition) is 0. The van der Waals surface area contributed by atoms with Gasteiger partial charge in [-0.25, -0.2) is 0 Å². The van der Waals surface area contributed by atoms with Gasteiger partial charge in [0.15, 0.2) is 0 Å². The van der Waals surface area contributed by atoms with Gasteiger partial charge in [-0.2, -0.15) is 0 Å². The zero-order valence-electron chi connectivity index (χ0n) is 6.38. The average Bonchev–Trinajstić information content (AvgIpc) is 2.30. The molecule has 2 rings (SSSR count). The highest BCUT2D eigenvalue weighted by molar-refractivity contribution is 4.76. The third kappa shape index (κ3) is 1.32. The highest BCUT2D eigenvalue weighted by Crippen LogP contribution is 2.18. The molecule has 2 atom stereocenters. The molecule has 0 radical (unpaired) electrons. The van der Waals surface area contributed by atoms with Crippen LogP contribution in [0.15, 0.2) is 0 Å². The van der Waals surface area contributed by atoms with Gasteiger partial charge < -0.3 is 9.64 Å². The van der Waals surface area contributed by atoms with Crippen molar-refractivity contribution in [1.29, 1.82) is 0 Å². The van der Waals surface area contributed by atoms with Gasteiger partial charge in [0, 0.05) is 19.7 Å². The van der Waals surface area contributed by atoms with Crippen molar-refractivity contribution in [3.05, 3.63) is 0 Å². The Balaban J connectivity index is 1.91. The molecule has 2 heterocycles. The van der Waals surface area contributed by atoms with E-state index in [0.717, 1.165) is 19.1 Å². The van der Waals surface area contributed by atoms with Crippen LogP contribution in [-0.4, -0.2) is 37.7 Å². The van der Waals surface area contributed by atoms with E-state index in [0.29, 0.717) is 0 Å². The van der Waals surface area contributed by atoms with Crippen LogP contribution >= 0.6 is 0 Å². The standard InChI is InChI=1S/C8H15NO/c1-3-9-4-2-8(6-9)7-10-5-1/h8H,1-7H2. The van der Waals surface area contributed by atoms with Gasteiger partial charge in [-0.3, -0.25) is 0 Å². The number of fused-ring (bicyclic) bond motifs is 2. The van der Waals surface area contributed by atoms with Crippen LogP contribution in [0.4, 0.5) is 0 Å². The average molecular weight is 141 g/mol. The summed E-state index contributed by atoms with van der Waals surface area (Å²) in [5, 5.41) is 0. The van der Waals surface area contributed by atoms with Crippen LogP contribution in [-0.2, 0) is 4.74 Å². The number of hydrogen-bond acceptors (Lipinski definition) is 2. The van der Waals surface area contributed by atoms with E-state index in [2.05, 4.69) is 4.90 Å². The lowest BCUT2D eigenvalue weighted by molar-refractivity contribution is 0.0806. The van der Waals surface area contributed by atoms with Crippen LogP contribution in [0.5, 0.6) is 0 Å². The van der Waals surface area contributed by atoms with E-state index in [1.807, 2.05) is 0 Å². The van der Waals surface area contributed by atoms with Crippen molar-refractivity contribution >= 4 is 0 Å². The Morgan fingerprint density at radius 1 is 1.30 bits per heavy atom. The highest BCUT2D eigenvalue weighted by Gasteiger charge is 2.23. The van der Waals surface area contributed by atoms with E-state index in [9.17, 15) is 0 Å². The maximum Gasteiger partial charge on any atom is 0.0506 e. The molecule has 0 aliphatic carbocycles. The summed E-state index contributed by atoms with van der Waals surface area (Å²) in [6.45, 7) is 5.86. The van der Waals surface area contributed by atoms with Crippen LogP contribution in [0.25, 0.3) is 0 Å². The molecule has 0 saturated carbocycles. The second kappa shape index (κ2) is 2.89. The lowest BCUT2D eigenvalue weighted by atomic mass is 10.1. The molecule has 2 aliphatic heterocycles. The minimum Gasteiger partial charge on any atom is -0.381 e. The fourth-order valence-electron chi connectivity index (χ4n) is 1.89. The quantitative estimate of drug-likeness (QED) is 0.493. The van der Waals surface area contributed by atoms with E-state index in [1.165, 1.54) is 32.5 Å². The zero-order valence-corrected chi connectivity index (χ0v) is 6.38. The Bertz CT molecular complexity index is 104.